The van der Waals surface area contributed by atoms with E-state index in [2.05, 4.69) is 15.3 Å². The van der Waals surface area contributed by atoms with Gasteiger partial charge in [0.25, 0.3) is 11.8 Å². The number of alkyl halides is 4. The normalized spacial score (nSPS) is 11.4. The summed E-state index contributed by atoms with van der Waals surface area (Å²) in [5, 5.41) is 6.04. The summed E-state index contributed by atoms with van der Waals surface area (Å²) in [6.45, 7) is 7.13. The molecule has 0 atom stereocenters. The van der Waals surface area contributed by atoms with Gasteiger partial charge < -0.3 is 15.8 Å². The van der Waals surface area contributed by atoms with Crippen LogP contribution in [0.15, 0.2) is 10.8 Å². The first-order chi connectivity index (χ1) is 13.1. The summed E-state index contributed by atoms with van der Waals surface area (Å²) in [6, 6.07) is 0. The van der Waals surface area contributed by atoms with Crippen molar-refractivity contribution in [2.45, 2.75) is 65.2 Å². The molecule has 3 N–H and O–H groups in total. The molecule has 0 spiro atoms. The first kappa shape index (κ1) is 32.0. The fourth-order valence-corrected chi connectivity index (χ4v) is 3.23. The second-order valence-electron chi connectivity index (χ2n) is 7.09. The van der Waals surface area contributed by atoms with Crippen LogP contribution >= 0.6 is 47.5 Å². The zero-order valence-corrected chi connectivity index (χ0v) is 20.8. The minimum atomic E-state index is -2.96. The minimum absolute atomic E-state index is 0. The second-order valence-corrected chi connectivity index (χ2v) is 8.97. The number of thiazole rings is 2. The summed E-state index contributed by atoms with van der Waals surface area (Å²) < 4.78 is 55.9. The lowest BCUT2D eigenvalue weighted by molar-refractivity contribution is 0.0126. The van der Waals surface area contributed by atoms with E-state index in [1.807, 2.05) is 0 Å². The summed E-state index contributed by atoms with van der Waals surface area (Å²) in [4.78, 5) is 18.7. The summed E-state index contributed by atoms with van der Waals surface area (Å²) in [6.07, 6.45) is -0.595. The molecule has 0 fully saturated rings. The quantitative estimate of drug-likeness (QED) is 0.476. The summed E-state index contributed by atoms with van der Waals surface area (Å²) in [5.74, 6) is -5.80. The minimum Gasteiger partial charge on any atom is -0.444 e. The first-order valence-corrected chi connectivity index (χ1v) is 10.2. The highest BCUT2D eigenvalue weighted by Gasteiger charge is 2.28. The van der Waals surface area contributed by atoms with Crippen LogP contribution in [0, 0.1) is 0 Å². The van der Waals surface area contributed by atoms with Crippen LogP contribution in [0.2, 0.25) is 0 Å². The van der Waals surface area contributed by atoms with Crippen LogP contribution in [0.1, 0.15) is 56.0 Å². The van der Waals surface area contributed by atoms with Crippen LogP contribution in [0.5, 0.6) is 0 Å². The third kappa shape index (κ3) is 12.4. The third-order valence-electron chi connectivity index (χ3n) is 2.96. The smallest absolute Gasteiger partial charge is 0.408 e. The van der Waals surface area contributed by atoms with Crippen LogP contribution in [-0.2, 0) is 29.7 Å². The number of halogens is 6. The predicted molar refractivity (Wildman–Crippen MR) is 119 cm³/mol. The molecule has 0 aliphatic rings. The molecular weight excluding hydrogens is 503 g/mol. The van der Waals surface area contributed by atoms with Crippen LogP contribution in [0.3, 0.4) is 0 Å². The van der Waals surface area contributed by atoms with Gasteiger partial charge in [0.2, 0.25) is 0 Å². The number of carbonyl (C=O) groups excluding carboxylic acids is 1. The molecule has 0 aromatic carbocycles. The van der Waals surface area contributed by atoms with Crippen molar-refractivity contribution >= 4 is 53.6 Å². The van der Waals surface area contributed by atoms with Gasteiger partial charge in [0.05, 0.1) is 6.54 Å². The molecule has 0 saturated carbocycles. The molecule has 180 valence electrons. The van der Waals surface area contributed by atoms with Crippen molar-refractivity contribution < 1.29 is 27.1 Å². The van der Waals surface area contributed by atoms with Crippen molar-refractivity contribution in [3.8, 4) is 0 Å². The van der Waals surface area contributed by atoms with Gasteiger partial charge in [-0.1, -0.05) is 0 Å². The van der Waals surface area contributed by atoms with E-state index in [-0.39, 0.29) is 49.3 Å². The monoisotopic (exact) mass is 528 g/mol. The molecule has 14 heteroatoms. The number of rotatable bonds is 5. The molecule has 0 aliphatic heterocycles. The SMILES string of the molecule is CC(C)(C)OC(=O)NCc1nc(C(C)(F)F)cs1.CC(F)(F)c1csc(CN)n1.Cl.Cl. The van der Waals surface area contributed by atoms with Crippen LogP contribution < -0.4 is 11.1 Å². The molecule has 0 aliphatic carbocycles. The van der Waals surface area contributed by atoms with Crippen molar-refractivity contribution in [3.05, 3.63) is 32.2 Å². The molecule has 0 saturated heterocycles. The lowest BCUT2D eigenvalue weighted by Crippen LogP contribution is -2.32. The average molecular weight is 529 g/mol. The van der Waals surface area contributed by atoms with Gasteiger partial charge >= 0.3 is 6.09 Å². The Hall–Kier alpha value is -1.21. The number of amides is 1. The largest absolute Gasteiger partial charge is 0.444 e. The molecule has 6 nitrogen and oxygen atoms in total. The van der Waals surface area contributed by atoms with E-state index in [4.69, 9.17) is 10.5 Å². The van der Waals surface area contributed by atoms with Gasteiger partial charge in [0.1, 0.15) is 27.0 Å². The lowest BCUT2D eigenvalue weighted by Gasteiger charge is -2.19. The maximum atomic E-state index is 12.9. The Labute approximate surface area is 198 Å². The van der Waals surface area contributed by atoms with Crippen LogP contribution in [-0.4, -0.2) is 21.7 Å². The summed E-state index contributed by atoms with van der Waals surface area (Å²) in [7, 11) is 0. The zero-order chi connectivity index (χ0) is 22.5. The molecule has 0 radical (unpaired) electrons. The molecule has 0 bridgehead atoms. The van der Waals surface area contributed by atoms with E-state index in [1.54, 1.807) is 20.8 Å². The third-order valence-corrected chi connectivity index (χ3v) is 4.68. The maximum absolute atomic E-state index is 12.9. The van der Waals surface area contributed by atoms with Crippen LogP contribution in [0.25, 0.3) is 0 Å². The molecular formula is C17H26Cl2F4N4O2S2. The molecule has 2 rings (SSSR count). The number of nitrogens with two attached hydrogens (primary N) is 1. The van der Waals surface area contributed by atoms with E-state index in [1.165, 1.54) is 10.8 Å². The fraction of sp³-hybridized carbons (Fsp3) is 0.588. The molecule has 2 aromatic heterocycles. The van der Waals surface area contributed by atoms with E-state index < -0.39 is 23.5 Å². The van der Waals surface area contributed by atoms with Gasteiger partial charge in [-0.05, 0) is 20.8 Å². The topological polar surface area (TPSA) is 90.1 Å². The van der Waals surface area contributed by atoms with E-state index in [0.717, 1.165) is 36.5 Å². The highest BCUT2D eigenvalue weighted by atomic mass is 35.5. The lowest BCUT2D eigenvalue weighted by atomic mass is 10.2. The van der Waals surface area contributed by atoms with E-state index >= 15 is 0 Å². The first-order valence-electron chi connectivity index (χ1n) is 8.44. The number of aromatic nitrogens is 2. The van der Waals surface area contributed by atoms with Crippen molar-refractivity contribution in [1.82, 2.24) is 15.3 Å². The molecule has 1 amide bonds. The van der Waals surface area contributed by atoms with Gasteiger partial charge in [0.15, 0.2) is 0 Å². The molecule has 2 heterocycles. The van der Waals surface area contributed by atoms with Gasteiger partial charge in [0, 0.05) is 31.2 Å². The number of nitrogens with one attached hydrogen (secondary N) is 1. The van der Waals surface area contributed by atoms with Gasteiger partial charge in [-0.3, -0.25) is 0 Å². The van der Waals surface area contributed by atoms with Gasteiger partial charge in [-0.2, -0.15) is 17.6 Å². The highest BCUT2D eigenvalue weighted by molar-refractivity contribution is 7.09. The number of hydrogen-bond acceptors (Lipinski definition) is 7. The zero-order valence-electron chi connectivity index (χ0n) is 17.5. The van der Waals surface area contributed by atoms with E-state index in [0.29, 0.717) is 10.0 Å². The van der Waals surface area contributed by atoms with Crippen LogP contribution in [0.4, 0.5) is 22.4 Å². The summed E-state index contributed by atoms with van der Waals surface area (Å²) in [5.41, 5.74) is 4.15. The second kappa shape index (κ2) is 12.7. The predicted octanol–water partition coefficient (Wildman–Crippen LogP) is 5.84. The molecule has 31 heavy (non-hydrogen) atoms. The number of hydrogen-bond donors (Lipinski definition) is 2. The number of alkyl carbamates (subject to hydrolysis) is 1. The average Bonchev–Trinajstić information content (AvgIpc) is 3.20. The Kier molecular flexibility index (Phi) is 13.1. The van der Waals surface area contributed by atoms with E-state index in [9.17, 15) is 22.4 Å². The Morgan fingerprint density at radius 3 is 1.71 bits per heavy atom. The standard InChI is InChI=1S/C11H16F2N2O2S.C6H8F2N2S.2ClH/c1-10(2,3)17-9(16)14-5-8-15-7(6-18-8)11(4,12)13;1-6(7,8)4-3-11-5(2-9)10-4;;/h6H,5H2,1-4H3,(H,14,16);3H,2,9H2,1H3;2*1H. The van der Waals surface area contributed by atoms with Gasteiger partial charge in [-0.25, -0.2) is 14.8 Å². The number of carbonyl (C=O) groups is 1. The Morgan fingerprint density at radius 2 is 1.39 bits per heavy atom. The molecule has 0 unspecified atom stereocenters. The molecule has 2 aromatic rings. The van der Waals surface area contributed by atoms with Crippen molar-refractivity contribution in [2.75, 3.05) is 0 Å². The van der Waals surface area contributed by atoms with Crippen molar-refractivity contribution in [2.24, 2.45) is 5.73 Å². The maximum Gasteiger partial charge on any atom is 0.408 e. The van der Waals surface area contributed by atoms with Crippen molar-refractivity contribution in [3.63, 3.8) is 0 Å². The highest BCUT2D eigenvalue weighted by Crippen LogP contribution is 2.28. The van der Waals surface area contributed by atoms with Gasteiger partial charge in [-0.15, -0.1) is 47.5 Å². The number of ether oxygens (including phenoxy) is 1. The Morgan fingerprint density at radius 1 is 0.968 bits per heavy atom. The summed E-state index contributed by atoms with van der Waals surface area (Å²) >= 11 is 2.24. The Balaban J connectivity index is 0. The fourth-order valence-electron chi connectivity index (χ4n) is 1.66. The van der Waals surface area contributed by atoms with Crippen molar-refractivity contribution in [1.29, 1.82) is 0 Å². The number of nitrogens with zero attached hydrogens (tertiary/aromatic N) is 2. The Bertz CT molecular complexity index is 803.